The van der Waals surface area contributed by atoms with E-state index >= 15 is 0 Å². The summed E-state index contributed by atoms with van der Waals surface area (Å²) < 4.78 is 6.13. The van der Waals surface area contributed by atoms with Crippen LogP contribution >= 0.6 is 0 Å². The number of benzene rings is 2. The quantitative estimate of drug-likeness (QED) is 0.348. The smallest absolute Gasteiger partial charge is 0.411 e. The monoisotopic (exact) mass is 513 g/mol. The van der Waals surface area contributed by atoms with Crippen molar-refractivity contribution in [1.82, 2.24) is 14.9 Å². The van der Waals surface area contributed by atoms with Gasteiger partial charge in [-0.15, -0.1) is 0 Å². The molecule has 1 aliphatic heterocycles. The average Bonchev–Trinajstić information content (AvgIpc) is 3.72. The summed E-state index contributed by atoms with van der Waals surface area (Å²) in [5.41, 5.74) is 1.79. The summed E-state index contributed by atoms with van der Waals surface area (Å²) in [6, 6.07) is 17.5. The number of Topliss-reactive ketones (excluding diaryl/α,β-unsaturated/α-hetero) is 1. The zero-order valence-electron chi connectivity index (χ0n) is 22.3. The Morgan fingerprint density at radius 3 is 2.32 bits per heavy atom. The number of amides is 1. The SMILES string of the molecule is C[C@@H](c1ccc(-c2cnc(C(=O)CC3CC3)nc2)cc1)N1CC[C@](CC(C)(C)O)(c2ccccc2)OC1=O. The topological polar surface area (TPSA) is 92.6 Å². The van der Waals surface area contributed by atoms with Crippen LogP contribution in [0.5, 0.6) is 0 Å². The minimum absolute atomic E-state index is 0.00970. The summed E-state index contributed by atoms with van der Waals surface area (Å²) >= 11 is 0. The van der Waals surface area contributed by atoms with Gasteiger partial charge in [0.25, 0.3) is 0 Å². The molecule has 1 aliphatic carbocycles. The maximum absolute atomic E-state index is 13.3. The van der Waals surface area contributed by atoms with Crippen molar-refractivity contribution in [3.05, 3.63) is 83.9 Å². The van der Waals surface area contributed by atoms with E-state index in [-0.39, 0.29) is 23.7 Å². The van der Waals surface area contributed by atoms with E-state index in [2.05, 4.69) is 9.97 Å². The van der Waals surface area contributed by atoms with Gasteiger partial charge in [0, 0.05) is 43.8 Å². The van der Waals surface area contributed by atoms with E-state index < -0.39 is 11.2 Å². The predicted octanol–water partition coefficient (Wildman–Crippen LogP) is 6.09. The van der Waals surface area contributed by atoms with Crippen LogP contribution in [0.3, 0.4) is 0 Å². The van der Waals surface area contributed by atoms with E-state index in [1.165, 1.54) is 0 Å². The van der Waals surface area contributed by atoms with Crippen molar-refractivity contribution in [1.29, 1.82) is 0 Å². The Bertz CT molecular complexity index is 1280. The third-order valence-electron chi connectivity index (χ3n) is 7.56. The molecule has 2 fully saturated rings. The van der Waals surface area contributed by atoms with E-state index in [1.54, 1.807) is 31.1 Å². The maximum atomic E-state index is 13.3. The number of hydrogen-bond donors (Lipinski definition) is 1. The van der Waals surface area contributed by atoms with Crippen LogP contribution < -0.4 is 0 Å². The number of rotatable bonds is 9. The fourth-order valence-electron chi connectivity index (χ4n) is 5.32. The number of carbonyl (C=O) groups is 2. The first kappa shape index (κ1) is 26.0. The molecule has 0 bridgehead atoms. The second-order valence-electron chi connectivity index (χ2n) is 11.3. The third kappa shape index (κ3) is 5.78. The van der Waals surface area contributed by atoms with E-state index in [0.29, 0.717) is 31.7 Å². The van der Waals surface area contributed by atoms with Gasteiger partial charge >= 0.3 is 6.09 Å². The molecule has 1 amide bonds. The van der Waals surface area contributed by atoms with Crippen molar-refractivity contribution >= 4 is 11.9 Å². The Hall–Kier alpha value is -3.58. The number of hydrogen-bond acceptors (Lipinski definition) is 6. The van der Waals surface area contributed by atoms with Gasteiger partial charge in [0.15, 0.2) is 11.6 Å². The summed E-state index contributed by atoms with van der Waals surface area (Å²) in [5.74, 6) is 0.801. The van der Waals surface area contributed by atoms with Crippen molar-refractivity contribution in [3.8, 4) is 11.1 Å². The second kappa shape index (κ2) is 10.3. The molecule has 5 rings (SSSR count). The van der Waals surface area contributed by atoms with Crippen molar-refractivity contribution in [2.75, 3.05) is 6.54 Å². The normalized spacial score (nSPS) is 20.6. The number of ketones is 1. The van der Waals surface area contributed by atoms with Crippen LogP contribution in [-0.4, -0.2) is 44.0 Å². The number of aliphatic hydroxyl groups is 1. The van der Waals surface area contributed by atoms with Crippen molar-refractivity contribution < 1.29 is 19.4 Å². The Labute approximate surface area is 223 Å². The molecule has 0 spiro atoms. The van der Waals surface area contributed by atoms with Gasteiger partial charge < -0.3 is 14.7 Å². The van der Waals surface area contributed by atoms with Crippen molar-refractivity contribution in [2.24, 2.45) is 5.92 Å². The van der Waals surface area contributed by atoms with Gasteiger partial charge in [0.2, 0.25) is 0 Å². The molecule has 0 radical (unpaired) electrons. The molecule has 0 unspecified atom stereocenters. The maximum Gasteiger partial charge on any atom is 0.411 e. The van der Waals surface area contributed by atoms with Crippen LogP contribution in [0.4, 0.5) is 4.79 Å². The van der Waals surface area contributed by atoms with Crippen molar-refractivity contribution in [2.45, 2.75) is 70.1 Å². The van der Waals surface area contributed by atoms with Crippen LogP contribution in [0.2, 0.25) is 0 Å². The molecule has 7 nitrogen and oxygen atoms in total. The number of cyclic esters (lactones) is 1. The van der Waals surface area contributed by atoms with Gasteiger partial charge in [-0.05, 0) is 56.2 Å². The highest BCUT2D eigenvalue weighted by molar-refractivity contribution is 5.92. The molecule has 2 aliphatic rings. The number of ether oxygens (including phenoxy) is 1. The molecule has 198 valence electrons. The summed E-state index contributed by atoms with van der Waals surface area (Å²) in [6.45, 7) is 5.99. The van der Waals surface area contributed by atoms with Crippen molar-refractivity contribution in [3.63, 3.8) is 0 Å². The van der Waals surface area contributed by atoms with Crippen LogP contribution in [0.25, 0.3) is 11.1 Å². The molecular weight excluding hydrogens is 478 g/mol. The first-order valence-corrected chi connectivity index (χ1v) is 13.4. The zero-order chi connectivity index (χ0) is 26.9. The molecule has 2 heterocycles. The molecule has 1 saturated carbocycles. The zero-order valence-corrected chi connectivity index (χ0v) is 22.3. The molecule has 2 aromatic carbocycles. The fraction of sp³-hybridized carbons (Fsp3) is 0.419. The number of carbonyl (C=O) groups excluding carboxylic acids is 2. The van der Waals surface area contributed by atoms with Crippen LogP contribution in [0.1, 0.15) is 80.7 Å². The highest BCUT2D eigenvalue weighted by atomic mass is 16.6. The molecule has 2 atom stereocenters. The lowest BCUT2D eigenvalue weighted by Gasteiger charge is -2.45. The summed E-state index contributed by atoms with van der Waals surface area (Å²) in [7, 11) is 0. The van der Waals surface area contributed by atoms with Crippen LogP contribution in [0, 0.1) is 5.92 Å². The molecule has 1 saturated heterocycles. The lowest BCUT2D eigenvalue weighted by molar-refractivity contribution is -0.101. The summed E-state index contributed by atoms with van der Waals surface area (Å²) in [6.07, 6.45) is 6.68. The van der Waals surface area contributed by atoms with E-state index in [0.717, 1.165) is 35.1 Å². The van der Waals surface area contributed by atoms with E-state index in [4.69, 9.17) is 4.74 Å². The molecule has 38 heavy (non-hydrogen) atoms. The average molecular weight is 514 g/mol. The van der Waals surface area contributed by atoms with Gasteiger partial charge in [-0.1, -0.05) is 54.6 Å². The van der Waals surface area contributed by atoms with Gasteiger partial charge in [0.05, 0.1) is 11.6 Å². The van der Waals surface area contributed by atoms with Gasteiger partial charge in [-0.2, -0.15) is 0 Å². The van der Waals surface area contributed by atoms with E-state index in [1.807, 2.05) is 61.5 Å². The largest absolute Gasteiger partial charge is 0.438 e. The standard InChI is InChI=1S/C31H35N3O4/c1-21(34-16-15-31(38-29(34)36,20-30(2,3)37)26-7-5-4-6-8-26)23-11-13-24(14-12-23)25-18-32-28(33-19-25)27(35)17-22-9-10-22/h4-8,11-14,18-19,21-22,37H,9-10,15-17,20H2,1-3H3/t21-,31-/m0/s1. The Morgan fingerprint density at radius 2 is 1.74 bits per heavy atom. The number of nitrogens with zero attached hydrogens (tertiary/aromatic N) is 3. The molecule has 7 heteroatoms. The minimum Gasteiger partial charge on any atom is -0.438 e. The van der Waals surface area contributed by atoms with Gasteiger partial charge in [0.1, 0.15) is 5.60 Å². The first-order valence-electron chi connectivity index (χ1n) is 13.4. The predicted molar refractivity (Wildman–Crippen MR) is 144 cm³/mol. The summed E-state index contributed by atoms with van der Waals surface area (Å²) in [5, 5.41) is 10.6. The summed E-state index contributed by atoms with van der Waals surface area (Å²) in [4.78, 5) is 35.9. The minimum atomic E-state index is -0.994. The second-order valence-corrected chi connectivity index (χ2v) is 11.3. The van der Waals surface area contributed by atoms with E-state index in [9.17, 15) is 14.7 Å². The lowest BCUT2D eigenvalue weighted by atomic mass is 9.80. The molecule has 3 aromatic rings. The lowest BCUT2D eigenvalue weighted by Crippen LogP contribution is -2.51. The molecular formula is C31H35N3O4. The Morgan fingerprint density at radius 1 is 1.08 bits per heavy atom. The molecule has 1 N–H and O–H groups in total. The third-order valence-corrected chi connectivity index (χ3v) is 7.56. The van der Waals surface area contributed by atoms with Gasteiger partial charge in [-0.3, -0.25) is 4.79 Å². The molecule has 1 aromatic heterocycles. The van der Waals surface area contributed by atoms with Crippen LogP contribution in [0.15, 0.2) is 67.0 Å². The Balaban J connectivity index is 1.28. The number of aromatic nitrogens is 2. The fourth-order valence-corrected chi connectivity index (χ4v) is 5.32. The highest BCUT2D eigenvalue weighted by Crippen LogP contribution is 2.42. The first-order chi connectivity index (χ1) is 18.1. The van der Waals surface area contributed by atoms with Gasteiger partial charge in [-0.25, -0.2) is 14.8 Å². The Kier molecular flexibility index (Phi) is 7.05. The van der Waals surface area contributed by atoms with Crippen LogP contribution in [-0.2, 0) is 10.3 Å². The highest BCUT2D eigenvalue weighted by Gasteiger charge is 2.46.